The molecule has 0 aliphatic carbocycles. The Labute approximate surface area is 144 Å². The molecular formula is C20H26N2O2. The van der Waals surface area contributed by atoms with Gasteiger partial charge in [0.25, 0.3) is 0 Å². The Kier molecular flexibility index (Phi) is 6.82. The van der Waals surface area contributed by atoms with Crippen LogP contribution in [0.2, 0.25) is 0 Å². The lowest BCUT2D eigenvalue weighted by atomic mass is 10.0. The smallest absolute Gasteiger partial charge is 0.246 e. The lowest BCUT2D eigenvalue weighted by Gasteiger charge is -2.21. The molecule has 0 heterocycles. The first-order chi connectivity index (χ1) is 11.6. The van der Waals surface area contributed by atoms with E-state index in [1.165, 1.54) is 0 Å². The quantitative estimate of drug-likeness (QED) is 0.770. The third-order valence-electron chi connectivity index (χ3n) is 3.57. The Morgan fingerprint density at radius 1 is 1.04 bits per heavy atom. The molecule has 4 heteroatoms. The Hall–Kier alpha value is -2.33. The molecule has 0 saturated carbocycles. The fourth-order valence-corrected chi connectivity index (χ4v) is 2.42. The molecule has 128 valence electrons. The second-order valence-corrected chi connectivity index (χ2v) is 6.06. The standard InChI is InChI=1S/C20H26N2O2/c1-4-24-18-13-9-8-12-17(18)22-20(23)19(21-14-15(2)3)16-10-6-5-7-11-16/h5-13,15,19,21H,4,14H2,1-3H3,(H,22,23)/t19-/m1/s1. The van der Waals surface area contributed by atoms with E-state index in [1.807, 2.05) is 61.5 Å². The van der Waals surface area contributed by atoms with Crippen molar-refractivity contribution < 1.29 is 9.53 Å². The number of ether oxygens (including phenoxy) is 1. The summed E-state index contributed by atoms with van der Waals surface area (Å²) in [7, 11) is 0. The normalized spacial score (nSPS) is 12.0. The van der Waals surface area contributed by atoms with Crippen LogP contribution in [0.3, 0.4) is 0 Å². The van der Waals surface area contributed by atoms with Gasteiger partial charge in [-0.15, -0.1) is 0 Å². The summed E-state index contributed by atoms with van der Waals surface area (Å²) in [6.07, 6.45) is 0. The molecular weight excluding hydrogens is 300 g/mol. The molecule has 0 unspecified atom stereocenters. The zero-order chi connectivity index (χ0) is 17.4. The average molecular weight is 326 g/mol. The van der Waals surface area contributed by atoms with Gasteiger partial charge in [-0.3, -0.25) is 4.79 Å². The Morgan fingerprint density at radius 2 is 1.71 bits per heavy atom. The minimum Gasteiger partial charge on any atom is -0.492 e. The van der Waals surface area contributed by atoms with E-state index in [4.69, 9.17) is 4.74 Å². The van der Waals surface area contributed by atoms with Crippen molar-refractivity contribution in [2.24, 2.45) is 5.92 Å². The summed E-state index contributed by atoms with van der Waals surface area (Å²) in [5.41, 5.74) is 1.64. The molecule has 0 spiro atoms. The van der Waals surface area contributed by atoms with Crippen LogP contribution in [-0.2, 0) is 4.79 Å². The van der Waals surface area contributed by atoms with E-state index in [2.05, 4.69) is 24.5 Å². The minimum atomic E-state index is -0.400. The number of nitrogens with one attached hydrogen (secondary N) is 2. The van der Waals surface area contributed by atoms with Gasteiger partial charge in [0, 0.05) is 0 Å². The summed E-state index contributed by atoms with van der Waals surface area (Å²) >= 11 is 0. The van der Waals surface area contributed by atoms with Crippen LogP contribution in [0.25, 0.3) is 0 Å². The predicted molar refractivity (Wildman–Crippen MR) is 98.3 cm³/mol. The highest BCUT2D eigenvalue weighted by molar-refractivity contribution is 5.96. The van der Waals surface area contributed by atoms with Crippen LogP contribution >= 0.6 is 0 Å². The molecule has 0 aliphatic heterocycles. The van der Waals surface area contributed by atoms with Gasteiger partial charge in [0.05, 0.1) is 12.3 Å². The summed E-state index contributed by atoms with van der Waals surface area (Å²) in [5, 5.41) is 6.35. The minimum absolute atomic E-state index is 0.0889. The van der Waals surface area contributed by atoms with E-state index in [9.17, 15) is 4.79 Å². The summed E-state index contributed by atoms with van der Waals surface area (Å²) < 4.78 is 5.59. The summed E-state index contributed by atoms with van der Waals surface area (Å²) in [6, 6.07) is 16.9. The monoisotopic (exact) mass is 326 g/mol. The number of carbonyl (C=O) groups excluding carboxylic acids is 1. The van der Waals surface area contributed by atoms with E-state index in [0.717, 1.165) is 12.1 Å². The molecule has 0 radical (unpaired) electrons. The van der Waals surface area contributed by atoms with Crippen molar-refractivity contribution in [1.82, 2.24) is 5.32 Å². The molecule has 2 rings (SSSR count). The van der Waals surface area contributed by atoms with Crippen molar-refractivity contribution >= 4 is 11.6 Å². The Balaban J connectivity index is 2.19. The first-order valence-electron chi connectivity index (χ1n) is 8.42. The second kappa shape index (κ2) is 9.08. The van der Waals surface area contributed by atoms with Gasteiger partial charge in [0.15, 0.2) is 0 Å². The molecule has 0 bridgehead atoms. The van der Waals surface area contributed by atoms with Crippen molar-refractivity contribution in [1.29, 1.82) is 0 Å². The number of carbonyl (C=O) groups is 1. The SMILES string of the molecule is CCOc1ccccc1NC(=O)[C@H](NCC(C)C)c1ccccc1. The average Bonchev–Trinajstić information content (AvgIpc) is 2.58. The van der Waals surface area contributed by atoms with Gasteiger partial charge in [-0.2, -0.15) is 0 Å². The van der Waals surface area contributed by atoms with Gasteiger partial charge in [-0.1, -0.05) is 56.3 Å². The molecule has 0 aromatic heterocycles. The maximum absolute atomic E-state index is 12.9. The Bertz CT molecular complexity index is 641. The first kappa shape index (κ1) is 18.0. The highest BCUT2D eigenvalue weighted by Crippen LogP contribution is 2.25. The van der Waals surface area contributed by atoms with Crippen molar-refractivity contribution in [3.05, 3.63) is 60.2 Å². The van der Waals surface area contributed by atoms with Crippen LogP contribution in [-0.4, -0.2) is 19.1 Å². The summed E-state index contributed by atoms with van der Waals surface area (Å²) in [5.74, 6) is 1.05. The van der Waals surface area contributed by atoms with Crippen molar-refractivity contribution in [3.8, 4) is 5.75 Å². The van der Waals surface area contributed by atoms with Gasteiger partial charge in [-0.25, -0.2) is 0 Å². The molecule has 24 heavy (non-hydrogen) atoms. The maximum atomic E-state index is 12.9. The summed E-state index contributed by atoms with van der Waals surface area (Å²) in [6.45, 7) is 7.49. The van der Waals surface area contributed by atoms with Gasteiger partial charge in [0.1, 0.15) is 11.8 Å². The van der Waals surface area contributed by atoms with Crippen LogP contribution < -0.4 is 15.4 Å². The molecule has 0 saturated heterocycles. The molecule has 2 aromatic rings. The predicted octanol–water partition coefficient (Wildman–Crippen LogP) is 4.01. The second-order valence-electron chi connectivity index (χ2n) is 6.06. The number of anilines is 1. The largest absolute Gasteiger partial charge is 0.492 e. The van der Waals surface area contributed by atoms with E-state index in [-0.39, 0.29) is 5.91 Å². The topological polar surface area (TPSA) is 50.4 Å². The molecule has 0 aliphatic rings. The van der Waals surface area contributed by atoms with Gasteiger partial charge < -0.3 is 15.4 Å². The Morgan fingerprint density at radius 3 is 2.38 bits per heavy atom. The van der Waals surface area contributed by atoms with Crippen molar-refractivity contribution in [3.63, 3.8) is 0 Å². The van der Waals surface area contributed by atoms with Crippen molar-refractivity contribution in [2.45, 2.75) is 26.8 Å². The molecule has 1 amide bonds. The summed E-state index contributed by atoms with van der Waals surface area (Å²) in [4.78, 5) is 12.9. The number of amides is 1. The molecule has 1 atom stereocenters. The number of benzene rings is 2. The fourth-order valence-electron chi connectivity index (χ4n) is 2.42. The number of hydrogen-bond donors (Lipinski definition) is 2. The number of hydrogen-bond acceptors (Lipinski definition) is 3. The van der Waals surface area contributed by atoms with Crippen LogP contribution in [0.15, 0.2) is 54.6 Å². The van der Waals surface area contributed by atoms with Crippen LogP contribution in [0.1, 0.15) is 32.4 Å². The van der Waals surface area contributed by atoms with Gasteiger partial charge in [0.2, 0.25) is 5.91 Å². The fraction of sp³-hybridized carbons (Fsp3) is 0.350. The molecule has 2 aromatic carbocycles. The third-order valence-corrected chi connectivity index (χ3v) is 3.57. The van der Waals surface area contributed by atoms with E-state index < -0.39 is 6.04 Å². The number of para-hydroxylation sites is 2. The molecule has 0 fully saturated rings. The molecule has 4 nitrogen and oxygen atoms in total. The van der Waals surface area contributed by atoms with Gasteiger partial charge in [-0.05, 0) is 37.1 Å². The zero-order valence-electron chi connectivity index (χ0n) is 14.6. The van der Waals surface area contributed by atoms with Crippen LogP contribution in [0.5, 0.6) is 5.75 Å². The first-order valence-corrected chi connectivity index (χ1v) is 8.42. The van der Waals surface area contributed by atoms with Gasteiger partial charge >= 0.3 is 0 Å². The third kappa shape index (κ3) is 5.10. The highest BCUT2D eigenvalue weighted by atomic mass is 16.5. The van der Waals surface area contributed by atoms with E-state index in [1.54, 1.807) is 0 Å². The highest BCUT2D eigenvalue weighted by Gasteiger charge is 2.21. The van der Waals surface area contributed by atoms with Crippen LogP contribution in [0, 0.1) is 5.92 Å². The van der Waals surface area contributed by atoms with E-state index >= 15 is 0 Å². The van der Waals surface area contributed by atoms with E-state index in [0.29, 0.717) is 24.0 Å². The zero-order valence-corrected chi connectivity index (χ0v) is 14.6. The lowest BCUT2D eigenvalue weighted by molar-refractivity contribution is -0.118. The van der Waals surface area contributed by atoms with Crippen molar-refractivity contribution in [2.75, 3.05) is 18.5 Å². The maximum Gasteiger partial charge on any atom is 0.246 e. The molecule has 2 N–H and O–H groups in total. The lowest BCUT2D eigenvalue weighted by Crippen LogP contribution is -2.35. The number of rotatable bonds is 8. The van der Waals surface area contributed by atoms with Crippen LogP contribution in [0.4, 0.5) is 5.69 Å².